The minimum Gasteiger partial charge on any atom is -0.383 e. The van der Waals surface area contributed by atoms with Crippen molar-refractivity contribution in [3.63, 3.8) is 0 Å². The fraction of sp³-hybridized carbons (Fsp3) is 0.769. The lowest BCUT2D eigenvalue weighted by Gasteiger charge is -2.25. The number of nitrogens with one attached hydrogen (secondary N) is 1. The maximum atomic E-state index is 5.15. The van der Waals surface area contributed by atoms with Gasteiger partial charge >= 0.3 is 0 Å². The van der Waals surface area contributed by atoms with Crippen LogP contribution >= 0.6 is 11.3 Å². The lowest BCUT2D eigenvalue weighted by molar-refractivity contribution is 0.125. The zero-order valence-corrected chi connectivity index (χ0v) is 12.7. The Hall–Kier alpha value is -0.650. The molecule has 4 nitrogen and oxygen atoms in total. The highest BCUT2D eigenvalue weighted by atomic mass is 32.1. The first-order valence-electron chi connectivity index (χ1n) is 6.59. The van der Waals surface area contributed by atoms with Crippen LogP contribution in [0.5, 0.6) is 0 Å². The molecular weight excluding hydrogens is 246 g/mol. The summed E-state index contributed by atoms with van der Waals surface area (Å²) in [4.78, 5) is 8.10. The highest BCUT2D eigenvalue weighted by Gasteiger charge is 2.11. The maximum Gasteiger partial charge on any atom is 0.182 e. The molecule has 0 saturated carbocycles. The van der Waals surface area contributed by atoms with Gasteiger partial charge in [-0.2, -0.15) is 0 Å². The van der Waals surface area contributed by atoms with Crippen LogP contribution in [0.25, 0.3) is 0 Å². The van der Waals surface area contributed by atoms with E-state index in [1.54, 1.807) is 18.4 Å². The molecule has 0 aliphatic carbocycles. The van der Waals surface area contributed by atoms with Gasteiger partial charge in [0.15, 0.2) is 5.13 Å². The van der Waals surface area contributed by atoms with Crippen molar-refractivity contribution >= 4 is 16.5 Å². The summed E-state index contributed by atoms with van der Waals surface area (Å²) in [6.07, 6.45) is 3.10. The number of anilines is 1. The third kappa shape index (κ3) is 5.33. The summed E-state index contributed by atoms with van der Waals surface area (Å²) < 4.78 is 5.15. The molecule has 0 aromatic carbocycles. The van der Waals surface area contributed by atoms with Gasteiger partial charge in [0, 0.05) is 43.9 Å². The SMILES string of the molecule is CCCNc1ncc(CN(CCOC)C(C)C)s1. The van der Waals surface area contributed by atoms with E-state index in [1.165, 1.54) is 4.88 Å². The molecule has 0 unspecified atom stereocenters. The molecule has 0 bridgehead atoms. The Morgan fingerprint density at radius 1 is 1.50 bits per heavy atom. The highest BCUT2D eigenvalue weighted by Crippen LogP contribution is 2.20. The molecule has 0 fully saturated rings. The van der Waals surface area contributed by atoms with Gasteiger partial charge in [-0.25, -0.2) is 4.98 Å². The van der Waals surface area contributed by atoms with E-state index < -0.39 is 0 Å². The molecule has 1 aromatic rings. The molecule has 0 spiro atoms. The molecule has 0 aliphatic heterocycles. The first-order chi connectivity index (χ1) is 8.67. The molecule has 1 heterocycles. The third-order valence-corrected chi connectivity index (χ3v) is 3.69. The number of rotatable bonds is 9. The van der Waals surface area contributed by atoms with Crippen LogP contribution in [0.4, 0.5) is 5.13 Å². The molecular formula is C13H25N3OS. The molecule has 0 atom stereocenters. The summed E-state index contributed by atoms with van der Waals surface area (Å²) >= 11 is 1.75. The Morgan fingerprint density at radius 2 is 2.28 bits per heavy atom. The predicted octanol–water partition coefficient (Wildman–Crippen LogP) is 2.82. The lowest BCUT2D eigenvalue weighted by Crippen LogP contribution is -2.32. The van der Waals surface area contributed by atoms with Gasteiger partial charge < -0.3 is 10.1 Å². The topological polar surface area (TPSA) is 37.4 Å². The Labute approximate surface area is 114 Å². The molecule has 1 aromatic heterocycles. The van der Waals surface area contributed by atoms with Gasteiger partial charge in [0.25, 0.3) is 0 Å². The predicted molar refractivity (Wildman–Crippen MR) is 78.3 cm³/mol. The Bertz CT molecular complexity index is 328. The molecule has 104 valence electrons. The number of hydrogen-bond acceptors (Lipinski definition) is 5. The number of thiazole rings is 1. The van der Waals surface area contributed by atoms with Crippen LogP contribution in [0.3, 0.4) is 0 Å². The molecule has 0 amide bonds. The van der Waals surface area contributed by atoms with Crippen molar-refractivity contribution < 1.29 is 4.74 Å². The number of ether oxygens (including phenoxy) is 1. The molecule has 1 N–H and O–H groups in total. The average molecular weight is 271 g/mol. The second-order valence-corrected chi connectivity index (χ2v) is 5.73. The average Bonchev–Trinajstić information content (AvgIpc) is 2.79. The van der Waals surface area contributed by atoms with E-state index in [0.29, 0.717) is 6.04 Å². The molecule has 0 saturated heterocycles. The molecule has 0 radical (unpaired) electrons. The summed E-state index contributed by atoms with van der Waals surface area (Å²) in [5, 5.41) is 4.35. The van der Waals surface area contributed by atoms with Crippen molar-refractivity contribution in [2.24, 2.45) is 0 Å². The quantitative estimate of drug-likeness (QED) is 0.749. The van der Waals surface area contributed by atoms with Crippen LogP contribution in [-0.4, -0.2) is 42.7 Å². The van der Waals surface area contributed by atoms with Crippen LogP contribution in [0.1, 0.15) is 32.1 Å². The van der Waals surface area contributed by atoms with Gasteiger partial charge in [0.05, 0.1) is 6.61 Å². The van der Waals surface area contributed by atoms with Gasteiger partial charge in [-0.3, -0.25) is 4.90 Å². The van der Waals surface area contributed by atoms with Gasteiger partial charge in [0.2, 0.25) is 0 Å². The number of hydrogen-bond donors (Lipinski definition) is 1. The molecule has 5 heteroatoms. The van der Waals surface area contributed by atoms with Gasteiger partial charge in [-0.1, -0.05) is 6.92 Å². The minimum atomic E-state index is 0.523. The Balaban J connectivity index is 2.49. The van der Waals surface area contributed by atoms with E-state index >= 15 is 0 Å². The van der Waals surface area contributed by atoms with Crippen molar-refractivity contribution in [1.82, 2.24) is 9.88 Å². The van der Waals surface area contributed by atoms with Gasteiger partial charge in [-0.05, 0) is 20.3 Å². The summed E-state index contributed by atoms with van der Waals surface area (Å²) in [6, 6.07) is 0.523. The number of nitrogens with zero attached hydrogens (tertiary/aromatic N) is 2. The summed E-state index contributed by atoms with van der Waals surface area (Å²) in [7, 11) is 1.75. The second-order valence-electron chi connectivity index (χ2n) is 4.62. The standard InChI is InChI=1S/C13H25N3OS/c1-5-6-14-13-15-9-12(18-13)10-16(11(2)3)7-8-17-4/h9,11H,5-8,10H2,1-4H3,(H,14,15). The molecule has 18 heavy (non-hydrogen) atoms. The van der Waals surface area contributed by atoms with E-state index in [9.17, 15) is 0 Å². The Kier molecular flexibility index (Phi) is 7.23. The number of aromatic nitrogens is 1. The van der Waals surface area contributed by atoms with Crippen LogP contribution in [0.15, 0.2) is 6.20 Å². The fourth-order valence-corrected chi connectivity index (χ4v) is 2.49. The summed E-state index contributed by atoms with van der Waals surface area (Å²) in [5.74, 6) is 0. The zero-order chi connectivity index (χ0) is 13.4. The third-order valence-electron chi connectivity index (χ3n) is 2.75. The molecule has 1 rings (SSSR count). The maximum absolute atomic E-state index is 5.15. The highest BCUT2D eigenvalue weighted by molar-refractivity contribution is 7.15. The first-order valence-corrected chi connectivity index (χ1v) is 7.40. The van der Waals surface area contributed by atoms with Crippen molar-refractivity contribution in [3.8, 4) is 0 Å². The lowest BCUT2D eigenvalue weighted by atomic mass is 10.3. The largest absolute Gasteiger partial charge is 0.383 e. The van der Waals surface area contributed by atoms with E-state index in [-0.39, 0.29) is 0 Å². The van der Waals surface area contributed by atoms with Crippen LogP contribution < -0.4 is 5.32 Å². The monoisotopic (exact) mass is 271 g/mol. The van der Waals surface area contributed by atoms with Crippen LogP contribution in [0.2, 0.25) is 0 Å². The first kappa shape index (κ1) is 15.4. The fourth-order valence-electron chi connectivity index (χ4n) is 1.62. The smallest absolute Gasteiger partial charge is 0.182 e. The van der Waals surface area contributed by atoms with E-state index in [1.807, 2.05) is 6.20 Å². The summed E-state index contributed by atoms with van der Waals surface area (Å²) in [5.41, 5.74) is 0. The normalized spacial score (nSPS) is 11.4. The van der Waals surface area contributed by atoms with Crippen molar-refractivity contribution in [3.05, 3.63) is 11.1 Å². The van der Waals surface area contributed by atoms with Crippen molar-refractivity contribution in [2.75, 3.05) is 32.1 Å². The molecule has 0 aliphatic rings. The van der Waals surface area contributed by atoms with E-state index in [2.05, 4.69) is 36.0 Å². The van der Waals surface area contributed by atoms with Crippen LogP contribution in [-0.2, 0) is 11.3 Å². The minimum absolute atomic E-state index is 0.523. The van der Waals surface area contributed by atoms with E-state index in [4.69, 9.17) is 4.74 Å². The zero-order valence-electron chi connectivity index (χ0n) is 11.9. The number of methoxy groups -OCH3 is 1. The van der Waals surface area contributed by atoms with Crippen LogP contribution in [0, 0.1) is 0 Å². The second kappa shape index (κ2) is 8.45. The van der Waals surface area contributed by atoms with Gasteiger partial charge in [-0.15, -0.1) is 11.3 Å². The van der Waals surface area contributed by atoms with Gasteiger partial charge in [0.1, 0.15) is 0 Å². The van der Waals surface area contributed by atoms with E-state index in [0.717, 1.165) is 37.8 Å². The Morgan fingerprint density at radius 3 is 2.89 bits per heavy atom. The summed E-state index contributed by atoms with van der Waals surface area (Å²) in [6.45, 7) is 10.3. The van der Waals surface area contributed by atoms with Crippen molar-refractivity contribution in [1.29, 1.82) is 0 Å². The van der Waals surface area contributed by atoms with Crippen molar-refractivity contribution in [2.45, 2.75) is 39.8 Å².